The minimum absolute atomic E-state index is 0.183. The first kappa shape index (κ1) is 14.6. The van der Waals surface area contributed by atoms with E-state index < -0.39 is 0 Å². The molecule has 0 amide bonds. The molecule has 2 aromatic heterocycles. The highest BCUT2D eigenvalue weighted by molar-refractivity contribution is 7.10. The summed E-state index contributed by atoms with van der Waals surface area (Å²) in [6.45, 7) is 0. The molecule has 114 valence electrons. The number of carbonyl (C=O) groups is 1. The molecule has 0 N–H and O–H groups in total. The summed E-state index contributed by atoms with van der Waals surface area (Å²) in [5.41, 5.74) is 3.66. The van der Waals surface area contributed by atoms with Crippen molar-refractivity contribution >= 4 is 28.7 Å². The Labute approximate surface area is 143 Å². The van der Waals surface area contributed by atoms with E-state index in [0.29, 0.717) is 11.4 Å². The number of Topliss-reactive ketones (excluding diaryl/α,β-unsaturated/α-hetero) is 1. The van der Waals surface area contributed by atoms with E-state index in [4.69, 9.17) is 11.6 Å². The minimum atomic E-state index is 0.183. The van der Waals surface area contributed by atoms with Crippen LogP contribution < -0.4 is 0 Å². The van der Waals surface area contributed by atoms with E-state index in [2.05, 4.69) is 16.4 Å². The standard InChI is InChI=1S/C19H14ClNOS/c20-14-5-3-12(4-6-14)15-7-8-21-16-10-13(11-17(22)19(15)16)18-2-1-9-23-18/h1-9,13H,10-11H2/t13-/m0/s1. The molecule has 1 atom stereocenters. The Morgan fingerprint density at radius 3 is 2.65 bits per heavy atom. The third kappa shape index (κ3) is 2.71. The molecule has 2 nitrogen and oxygen atoms in total. The highest BCUT2D eigenvalue weighted by Crippen LogP contribution is 2.37. The number of aromatic nitrogens is 1. The molecular weight excluding hydrogens is 326 g/mol. The zero-order chi connectivity index (χ0) is 15.8. The lowest BCUT2D eigenvalue weighted by Gasteiger charge is -2.24. The van der Waals surface area contributed by atoms with Gasteiger partial charge < -0.3 is 0 Å². The SMILES string of the molecule is O=C1C[C@@H](c2cccs2)Cc2nccc(-c3ccc(Cl)cc3)c21. The second-order valence-corrected chi connectivity index (χ2v) is 7.15. The van der Waals surface area contributed by atoms with Crippen molar-refractivity contribution in [3.05, 3.63) is 75.2 Å². The Morgan fingerprint density at radius 2 is 1.91 bits per heavy atom. The van der Waals surface area contributed by atoms with Crippen molar-refractivity contribution in [3.8, 4) is 11.1 Å². The molecule has 4 heteroatoms. The van der Waals surface area contributed by atoms with Gasteiger partial charge in [-0.05, 0) is 47.2 Å². The van der Waals surface area contributed by atoms with E-state index in [9.17, 15) is 4.79 Å². The van der Waals surface area contributed by atoms with Gasteiger partial charge in [0.2, 0.25) is 0 Å². The van der Waals surface area contributed by atoms with Crippen molar-refractivity contribution in [3.63, 3.8) is 0 Å². The van der Waals surface area contributed by atoms with E-state index in [1.54, 1.807) is 17.5 Å². The van der Waals surface area contributed by atoms with Crippen LogP contribution in [-0.4, -0.2) is 10.8 Å². The molecule has 1 aliphatic carbocycles. The summed E-state index contributed by atoms with van der Waals surface area (Å²) in [5.74, 6) is 0.436. The third-order valence-corrected chi connectivity index (χ3v) is 5.57. The van der Waals surface area contributed by atoms with E-state index in [1.165, 1.54) is 4.88 Å². The molecule has 0 spiro atoms. The molecule has 2 heterocycles. The number of pyridine rings is 1. The number of hydrogen-bond donors (Lipinski definition) is 0. The number of nitrogens with zero attached hydrogens (tertiary/aromatic N) is 1. The van der Waals surface area contributed by atoms with Crippen LogP contribution in [0.2, 0.25) is 5.02 Å². The van der Waals surface area contributed by atoms with E-state index >= 15 is 0 Å². The summed E-state index contributed by atoms with van der Waals surface area (Å²) < 4.78 is 0. The number of ketones is 1. The Balaban J connectivity index is 1.78. The van der Waals surface area contributed by atoms with Crippen molar-refractivity contribution in [2.24, 2.45) is 0 Å². The first-order valence-corrected chi connectivity index (χ1v) is 8.78. The number of carbonyl (C=O) groups excluding carboxylic acids is 1. The average Bonchev–Trinajstić information content (AvgIpc) is 3.09. The predicted molar refractivity (Wildman–Crippen MR) is 94.4 cm³/mol. The summed E-state index contributed by atoms with van der Waals surface area (Å²) in [4.78, 5) is 18.5. The highest BCUT2D eigenvalue weighted by atomic mass is 35.5. The van der Waals surface area contributed by atoms with E-state index in [1.807, 2.05) is 36.4 Å². The fourth-order valence-electron chi connectivity index (χ4n) is 3.20. The molecule has 0 radical (unpaired) electrons. The van der Waals surface area contributed by atoms with Gasteiger partial charge in [0, 0.05) is 34.0 Å². The first-order chi connectivity index (χ1) is 11.2. The first-order valence-electron chi connectivity index (χ1n) is 7.53. The highest BCUT2D eigenvalue weighted by Gasteiger charge is 2.30. The number of benzene rings is 1. The fourth-order valence-corrected chi connectivity index (χ4v) is 4.15. The molecule has 23 heavy (non-hydrogen) atoms. The van der Waals surface area contributed by atoms with Gasteiger partial charge in [0.25, 0.3) is 0 Å². The normalized spacial score (nSPS) is 17.1. The van der Waals surface area contributed by atoms with Crippen LogP contribution in [0.25, 0.3) is 11.1 Å². The minimum Gasteiger partial charge on any atom is -0.294 e. The number of halogens is 1. The van der Waals surface area contributed by atoms with Crippen molar-refractivity contribution < 1.29 is 4.79 Å². The monoisotopic (exact) mass is 339 g/mol. The molecule has 0 saturated heterocycles. The van der Waals surface area contributed by atoms with Gasteiger partial charge in [-0.3, -0.25) is 9.78 Å². The Morgan fingerprint density at radius 1 is 1.09 bits per heavy atom. The molecule has 0 saturated carbocycles. The van der Waals surface area contributed by atoms with Crippen LogP contribution >= 0.6 is 22.9 Å². The van der Waals surface area contributed by atoms with Crippen molar-refractivity contribution in [1.29, 1.82) is 0 Å². The fraction of sp³-hybridized carbons (Fsp3) is 0.158. The average molecular weight is 340 g/mol. The summed E-state index contributed by atoms with van der Waals surface area (Å²) in [7, 11) is 0. The molecule has 3 aromatic rings. The molecule has 0 fully saturated rings. The van der Waals surface area contributed by atoms with Crippen LogP contribution in [0.3, 0.4) is 0 Å². The quantitative estimate of drug-likeness (QED) is 0.627. The maximum atomic E-state index is 12.8. The van der Waals surface area contributed by atoms with Gasteiger partial charge in [-0.2, -0.15) is 0 Å². The lowest BCUT2D eigenvalue weighted by molar-refractivity contribution is 0.0964. The number of thiophene rings is 1. The zero-order valence-corrected chi connectivity index (χ0v) is 13.9. The molecule has 1 aromatic carbocycles. The summed E-state index contributed by atoms with van der Waals surface area (Å²) in [6.07, 6.45) is 3.18. The predicted octanol–water partition coefficient (Wildman–Crippen LogP) is 5.38. The molecule has 0 bridgehead atoms. The summed E-state index contributed by atoms with van der Waals surface area (Å²) in [6, 6.07) is 13.7. The maximum Gasteiger partial charge on any atom is 0.165 e. The molecule has 4 rings (SSSR count). The van der Waals surface area contributed by atoms with Gasteiger partial charge in [-0.25, -0.2) is 0 Å². The third-order valence-electron chi connectivity index (χ3n) is 4.28. The summed E-state index contributed by atoms with van der Waals surface area (Å²) >= 11 is 7.68. The van der Waals surface area contributed by atoms with Gasteiger partial charge in [0.15, 0.2) is 5.78 Å². The summed E-state index contributed by atoms with van der Waals surface area (Å²) in [5, 5.41) is 2.76. The topological polar surface area (TPSA) is 30.0 Å². The van der Waals surface area contributed by atoms with Crippen LogP contribution in [0.1, 0.15) is 33.3 Å². The molecule has 0 unspecified atom stereocenters. The largest absolute Gasteiger partial charge is 0.294 e. The smallest absolute Gasteiger partial charge is 0.165 e. The van der Waals surface area contributed by atoms with Crippen LogP contribution in [0.15, 0.2) is 54.0 Å². The van der Waals surface area contributed by atoms with E-state index in [0.717, 1.165) is 28.8 Å². The van der Waals surface area contributed by atoms with Crippen molar-refractivity contribution in [2.45, 2.75) is 18.8 Å². The van der Waals surface area contributed by atoms with Crippen molar-refractivity contribution in [1.82, 2.24) is 4.98 Å². The van der Waals surface area contributed by atoms with Crippen LogP contribution in [-0.2, 0) is 6.42 Å². The number of fused-ring (bicyclic) bond motifs is 1. The molecule has 1 aliphatic rings. The van der Waals surface area contributed by atoms with Gasteiger partial charge in [-0.1, -0.05) is 29.8 Å². The number of hydrogen-bond acceptors (Lipinski definition) is 3. The van der Waals surface area contributed by atoms with E-state index in [-0.39, 0.29) is 11.7 Å². The Kier molecular flexibility index (Phi) is 3.76. The Bertz CT molecular complexity index is 856. The lowest BCUT2D eigenvalue weighted by Crippen LogP contribution is -2.20. The van der Waals surface area contributed by atoms with Crippen LogP contribution in [0.5, 0.6) is 0 Å². The Hall–Kier alpha value is -1.97. The molecular formula is C19H14ClNOS. The lowest BCUT2D eigenvalue weighted by atomic mass is 9.82. The second kappa shape index (κ2) is 5.91. The maximum absolute atomic E-state index is 12.8. The molecule has 0 aliphatic heterocycles. The second-order valence-electron chi connectivity index (χ2n) is 5.73. The number of rotatable bonds is 2. The van der Waals surface area contributed by atoms with Crippen LogP contribution in [0, 0.1) is 0 Å². The van der Waals surface area contributed by atoms with Gasteiger partial charge in [-0.15, -0.1) is 11.3 Å². The van der Waals surface area contributed by atoms with Gasteiger partial charge in [0.1, 0.15) is 0 Å². The van der Waals surface area contributed by atoms with Gasteiger partial charge in [0.05, 0.1) is 5.69 Å². The zero-order valence-electron chi connectivity index (χ0n) is 12.3. The van der Waals surface area contributed by atoms with Crippen LogP contribution in [0.4, 0.5) is 0 Å². The van der Waals surface area contributed by atoms with Gasteiger partial charge >= 0.3 is 0 Å². The van der Waals surface area contributed by atoms with Crippen molar-refractivity contribution in [2.75, 3.05) is 0 Å².